The van der Waals surface area contributed by atoms with E-state index in [1.165, 1.54) is 0 Å². The van der Waals surface area contributed by atoms with Gasteiger partial charge in [0.2, 0.25) is 11.8 Å². The second kappa shape index (κ2) is 6.95. The van der Waals surface area contributed by atoms with E-state index >= 15 is 0 Å². The Morgan fingerprint density at radius 1 is 1.27 bits per heavy atom. The third-order valence-electron chi connectivity index (χ3n) is 4.55. The van der Waals surface area contributed by atoms with Gasteiger partial charge in [0.25, 0.3) is 0 Å². The van der Waals surface area contributed by atoms with Crippen LogP contribution in [0, 0.1) is 6.92 Å². The highest BCUT2D eigenvalue weighted by Gasteiger charge is 2.43. The zero-order chi connectivity index (χ0) is 16.2. The van der Waals surface area contributed by atoms with Gasteiger partial charge < -0.3 is 10.6 Å². The van der Waals surface area contributed by atoms with Crippen LogP contribution < -0.4 is 10.6 Å². The summed E-state index contributed by atoms with van der Waals surface area (Å²) in [5.74, 6) is -0.150. The number of carbonyl (C=O) groups is 2. The minimum atomic E-state index is -0.505. The van der Waals surface area contributed by atoms with Gasteiger partial charge in [0, 0.05) is 6.54 Å². The molecule has 120 valence electrons. The molecule has 0 radical (unpaired) electrons. The van der Waals surface area contributed by atoms with Gasteiger partial charge in [-0.2, -0.15) is 0 Å². The smallest absolute Gasteiger partial charge is 0.242 e. The van der Waals surface area contributed by atoms with Gasteiger partial charge in [-0.25, -0.2) is 0 Å². The van der Waals surface area contributed by atoms with Crippen molar-refractivity contribution < 1.29 is 9.59 Å². The average Bonchev–Trinajstić information content (AvgIpc) is 2.98. The Kier molecular flexibility index (Phi) is 5.22. The zero-order valence-electron chi connectivity index (χ0n) is 13.7. The SMILES string of the molecule is CCNC(=O)C(C)NC(=O)C1(c2cccc(C)c2)CCCC1. The first-order chi connectivity index (χ1) is 10.5. The highest BCUT2D eigenvalue weighted by atomic mass is 16.2. The van der Waals surface area contributed by atoms with E-state index in [1.807, 2.05) is 32.0 Å². The van der Waals surface area contributed by atoms with Crippen LogP contribution in [0.3, 0.4) is 0 Å². The highest BCUT2D eigenvalue weighted by molar-refractivity contribution is 5.93. The number of aryl methyl sites for hydroxylation is 1. The summed E-state index contributed by atoms with van der Waals surface area (Å²) < 4.78 is 0. The van der Waals surface area contributed by atoms with E-state index in [0.29, 0.717) is 6.54 Å². The molecule has 4 nitrogen and oxygen atoms in total. The van der Waals surface area contributed by atoms with E-state index in [2.05, 4.69) is 16.7 Å². The number of rotatable bonds is 5. The van der Waals surface area contributed by atoms with Crippen molar-refractivity contribution in [3.63, 3.8) is 0 Å². The lowest BCUT2D eigenvalue weighted by molar-refractivity contribution is -0.131. The Labute approximate surface area is 132 Å². The van der Waals surface area contributed by atoms with E-state index in [9.17, 15) is 9.59 Å². The molecule has 0 heterocycles. The van der Waals surface area contributed by atoms with Crippen LogP contribution in [-0.2, 0) is 15.0 Å². The van der Waals surface area contributed by atoms with Crippen LogP contribution in [0.25, 0.3) is 0 Å². The molecule has 1 aliphatic carbocycles. The van der Waals surface area contributed by atoms with Crippen molar-refractivity contribution in [2.75, 3.05) is 6.54 Å². The fraction of sp³-hybridized carbons (Fsp3) is 0.556. The molecule has 1 aromatic carbocycles. The molecule has 22 heavy (non-hydrogen) atoms. The number of hydrogen-bond acceptors (Lipinski definition) is 2. The maximum absolute atomic E-state index is 12.9. The van der Waals surface area contributed by atoms with Gasteiger partial charge in [0.15, 0.2) is 0 Å². The minimum Gasteiger partial charge on any atom is -0.355 e. The fourth-order valence-corrected chi connectivity index (χ4v) is 3.30. The van der Waals surface area contributed by atoms with E-state index in [4.69, 9.17) is 0 Å². The van der Waals surface area contributed by atoms with Crippen LogP contribution in [0.1, 0.15) is 50.7 Å². The number of amides is 2. The van der Waals surface area contributed by atoms with Crippen LogP contribution in [0.15, 0.2) is 24.3 Å². The minimum absolute atomic E-state index is 0.0191. The molecular formula is C18H26N2O2. The molecule has 1 fully saturated rings. The predicted octanol–water partition coefficient (Wildman–Crippen LogP) is 2.45. The molecule has 1 aromatic rings. The van der Waals surface area contributed by atoms with Crippen molar-refractivity contribution in [2.24, 2.45) is 0 Å². The van der Waals surface area contributed by atoms with Crippen molar-refractivity contribution in [2.45, 2.75) is 57.9 Å². The molecule has 1 unspecified atom stereocenters. The molecule has 1 saturated carbocycles. The van der Waals surface area contributed by atoms with Gasteiger partial charge in [-0.3, -0.25) is 9.59 Å². The third kappa shape index (κ3) is 3.32. The molecule has 1 aliphatic rings. The van der Waals surface area contributed by atoms with Crippen molar-refractivity contribution in [3.05, 3.63) is 35.4 Å². The van der Waals surface area contributed by atoms with Crippen LogP contribution in [0.4, 0.5) is 0 Å². The molecule has 0 spiro atoms. The van der Waals surface area contributed by atoms with Gasteiger partial charge >= 0.3 is 0 Å². The first kappa shape index (κ1) is 16.5. The lowest BCUT2D eigenvalue weighted by Gasteiger charge is -2.30. The topological polar surface area (TPSA) is 58.2 Å². The Balaban J connectivity index is 2.21. The average molecular weight is 302 g/mol. The lowest BCUT2D eigenvalue weighted by atomic mass is 9.77. The van der Waals surface area contributed by atoms with Gasteiger partial charge in [-0.05, 0) is 39.2 Å². The van der Waals surface area contributed by atoms with Crippen molar-refractivity contribution in [3.8, 4) is 0 Å². The Morgan fingerprint density at radius 3 is 2.55 bits per heavy atom. The van der Waals surface area contributed by atoms with Crippen LogP contribution >= 0.6 is 0 Å². The predicted molar refractivity (Wildman–Crippen MR) is 87.6 cm³/mol. The molecule has 2 N–H and O–H groups in total. The summed E-state index contributed by atoms with van der Waals surface area (Å²) in [6.07, 6.45) is 3.81. The van der Waals surface area contributed by atoms with Gasteiger partial charge in [-0.15, -0.1) is 0 Å². The molecule has 0 aromatic heterocycles. The Hall–Kier alpha value is -1.84. The summed E-state index contributed by atoms with van der Waals surface area (Å²) in [7, 11) is 0. The second-order valence-corrected chi connectivity index (χ2v) is 6.25. The second-order valence-electron chi connectivity index (χ2n) is 6.25. The summed E-state index contributed by atoms with van der Waals surface area (Å²) >= 11 is 0. The number of benzene rings is 1. The Bertz CT molecular complexity index is 548. The molecule has 4 heteroatoms. The molecule has 0 saturated heterocycles. The van der Waals surface area contributed by atoms with E-state index in [-0.39, 0.29) is 11.8 Å². The maximum atomic E-state index is 12.9. The normalized spacial score (nSPS) is 17.8. The molecule has 1 atom stereocenters. The van der Waals surface area contributed by atoms with Crippen molar-refractivity contribution >= 4 is 11.8 Å². The molecule has 2 rings (SSSR count). The summed E-state index contributed by atoms with van der Waals surface area (Å²) in [5.41, 5.74) is 1.76. The van der Waals surface area contributed by atoms with E-state index in [0.717, 1.165) is 36.8 Å². The zero-order valence-corrected chi connectivity index (χ0v) is 13.7. The van der Waals surface area contributed by atoms with E-state index in [1.54, 1.807) is 6.92 Å². The van der Waals surface area contributed by atoms with Crippen molar-refractivity contribution in [1.29, 1.82) is 0 Å². The number of likely N-dealkylation sites (N-methyl/N-ethyl adjacent to an activating group) is 1. The van der Waals surface area contributed by atoms with Crippen LogP contribution in [0.2, 0.25) is 0 Å². The van der Waals surface area contributed by atoms with Gasteiger partial charge in [0.1, 0.15) is 6.04 Å². The Morgan fingerprint density at radius 2 is 1.95 bits per heavy atom. The fourth-order valence-electron chi connectivity index (χ4n) is 3.30. The maximum Gasteiger partial charge on any atom is 0.242 e. The van der Waals surface area contributed by atoms with Crippen molar-refractivity contribution in [1.82, 2.24) is 10.6 Å². The lowest BCUT2D eigenvalue weighted by Crippen LogP contribution is -2.51. The molecule has 0 aliphatic heterocycles. The number of carbonyl (C=O) groups excluding carboxylic acids is 2. The molecule has 0 bridgehead atoms. The van der Waals surface area contributed by atoms with Crippen LogP contribution in [0.5, 0.6) is 0 Å². The van der Waals surface area contributed by atoms with Gasteiger partial charge in [-0.1, -0.05) is 42.7 Å². The number of hydrogen-bond donors (Lipinski definition) is 2. The summed E-state index contributed by atoms with van der Waals surface area (Å²) in [6.45, 7) is 6.23. The molecule has 2 amide bonds. The highest BCUT2D eigenvalue weighted by Crippen LogP contribution is 2.41. The summed E-state index contributed by atoms with van der Waals surface area (Å²) in [4.78, 5) is 24.8. The third-order valence-corrected chi connectivity index (χ3v) is 4.55. The first-order valence-electron chi connectivity index (χ1n) is 8.15. The largest absolute Gasteiger partial charge is 0.355 e. The monoisotopic (exact) mass is 302 g/mol. The standard InChI is InChI=1S/C18H26N2O2/c1-4-19-16(21)14(3)20-17(22)18(10-5-6-11-18)15-9-7-8-13(2)12-15/h7-9,12,14H,4-6,10-11H2,1-3H3,(H,19,21)(H,20,22). The number of nitrogens with one attached hydrogen (secondary N) is 2. The summed E-state index contributed by atoms with van der Waals surface area (Å²) in [5, 5.41) is 5.66. The first-order valence-corrected chi connectivity index (χ1v) is 8.15. The van der Waals surface area contributed by atoms with E-state index < -0.39 is 11.5 Å². The molecular weight excluding hydrogens is 276 g/mol. The quantitative estimate of drug-likeness (QED) is 0.878. The van der Waals surface area contributed by atoms with Gasteiger partial charge in [0.05, 0.1) is 5.41 Å². The summed E-state index contributed by atoms with van der Waals surface area (Å²) in [6, 6.07) is 7.68. The van der Waals surface area contributed by atoms with Crippen LogP contribution in [-0.4, -0.2) is 24.4 Å².